The Hall–Kier alpha value is -0.770. The first-order valence-electron chi connectivity index (χ1n) is 6.10. The molecule has 1 aromatic rings. The second kappa shape index (κ2) is 5.47. The van der Waals surface area contributed by atoms with E-state index in [4.69, 9.17) is 10.5 Å². The Morgan fingerprint density at radius 3 is 2.61 bits per heavy atom. The highest BCUT2D eigenvalue weighted by molar-refractivity contribution is 5.85. The van der Waals surface area contributed by atoms with Crippen molar-refractivity contribution in [2.24, 2.45) is 5.73 Å². The lowest BCUT2D eigenvalue weighted by atomic mass is 9.85. The van der Waals surface area contributed by atoms with Gasteiger partial charge in [0.25, 0.3) is 0 Å². The van der Waals surface area contributed by atoms with Crippen molar-refractivity contribution in [2.45, 2.75) is 44.8 Å². The van der Waals surface area contributed by atoms with Crippen LogP contribution in [0.15, 0.2) is 18.2 Å². The van der Waals surface area contributed by atoms with Gasteiger partial charge in [-0.2, -0.15) is 0 Å². The van der Waals surface area contributed by atoms with Crippen LogP contribution in [-0.2, 0) is 5.41 Å². The van der Waals surface area contributed by atoms with Gasteiger partial charge in [0.05, 0.1) is 12.7 Å². The maximum Gasteiger partial charge on any atom is 0.125 e. The summed E-state index contributed by atoms with van der Waals surface area (Å²) in [7, 11) is 0. The van der Waals surface area contributed by atoms with Gasteiger partial charge in [-0.05, 0) is 29.5 Å². The number of rotatable bonds is 0. The van der Waals surface area contributed by atoms with Crippen molar-refractivity contribution in [1.82, 2.24) is 0 Å². The third kappa shape index (κ3) is 2.97. The van der Waals surface area contributed by atoms with Crippen molar-refractivity contribution in [2.75, 3.05) is 6.61 Å². The number of hydrogen-bond donors (Lipinski definition) is 2. The third-order valence-corrected chi connectivity index (χ3v) is 3.31. The monoisotopic (exact) mass is 271 g/mol. The van der Waals surface area contributed by atoms with Crippen LogP contribution in [0, 0.1) is 0 Å². The van der Waals surface area contributed by atoms with E-state index in [1.54, 1.807) is 0 Å². The van der Waals surface area contributed by atoms with Crippen LogP contribution in [0.1, 0.15) is 44.4 Å². The maximum atomic E-state index is 10.2. The van der Waals surface area contributed by atoms with Crippen LogP contribution in [0.25, 0.3) is 0 Å². The molecule has 0 fully saturated rings. The second-order valence-electron chi connectivity index (χ2n) is 5.75. The Bertz CT molecular complexity index is 415. The summed E-state index contributed by atoms with van der Waals surface area (Å²) in [5, 5.41) is 10.2. The zero-order valence-corrected chi connectivity index (χ0v) is 12.0. The van der Waals surface area contributed by atoms with E-state index in [1.807, 2.05) is 12.1 Å². The molecule has 0 saturated carbocycles. The van der Waals surface area contributed by atoms with Crippen LogP contribution < -0.4 is 10.5 Å². The summed E-state index contributed by atoms with van der Waals surface area (Å²) in [6, 6.07) is 5.77. The van der Waals surface area contributed by atoms with Gasteiger partial charge in [-0.1, -0.05) is 26.8 Å². The van der Waals surface area contributed by atoms with Gasteiger partial charge in [0.1, 0.15) is 5.75 Å². The molecule has 2 unspecified atom stereocenters. The molecule has 0 aromatic heterocycles. The van der Waals surface area contributed by atoms with Crippen LogP contribution in [0.3, 0.4) is 0 Å². The molecule has 18 heavy (non-hydrogen) atoms. The van der Waals surface area contributed by atoms with E-state index in [2.05, 4.69) is 26.8 Å². The minimum Gasteiger partial charge on any atom is -0.493 e. The molecule has 1 aliphatic rings. The highest BCUT2D eigenvalue weighted by Gasteiger charge is 2.26. The minimum atomic E-state index is -0.630. The molecule has 2 atom stereocenters. The van der Waals surface area contributed by atoms with Gasteiger partial charge in [-0.15, -0.1) is 12.4 Å². The van der Waals surface area contributed by atoms with Crippen LogP contribution in [0.5, 0.6) is 5.75 Å². The first-order chi connectivity index (χ1) is 7.89. The molecular formula is C14H22ClNO2. The van der Waals surface area contributed by atoms with Crippen LogP contribution in [0.2, 0.25) is 0 Å². The highest BCUT2D eigenvalue weighted by atomic mass is 35.5. The smallest absolute Gasteiger partial charge is 0.125 e. The fourth-order valence-corrected chi connectivity index (χ4v) is 2.07. The molecule has 102 valence electrons. The highest BCUT2D eigenvalue weighted by Crippen LogP contribution is 2.34. The topological polar surface area (TPSA) is 55.5 Å². The Labute approximate surface area is 115 Å². The molecule has 1 aliphatic heterocycles. The molecule has 0 saturated heterocycles. The normalized spacial score (nSPS) is 23.4. The van der Waals surface area contributed by atoms with E-state index in [0.29, 0.717) is 13.0 Å². The molecule has 1 heterocycles. The van der Waals surface area contributed by atoms with E-state index in [-0.39, 0.29) is 23.9 Å². The summed E-state index contributed by atoms with van der Waals surface area (Å²) in [6.07, 6.45) is 0.0514. The lowest BCUT2D eigenvalue weighted by molar-refractivity contribution is 0.144. The summed E-state index contributed by atoms with van der Waals surface area (Å²) in [5.74, 6) is 0.762. The van der Waals surface area contributed by atoms with E-state index >= 15 is 0 Å². The van der Waals surface area contributed by atoms with Crippen molar-refractivity contribution in [1.29, 1.82) is 0 Å². The van der Waals surface area contributed by atoms with Crippen LogP contribution in [0.4, 0.5) is 0 Å². The molecule has 1 aromatic carbocycles. The van der Waals surface area contributed by atoms with Crippen LogP contribution in [-0.4, -0.2) is 17.8 Å². The van der Waals surface area contributed by atoms with Crippen molar-refractivity contribution >= 4 is 12.4 Å². The third-order valence-electron chi connectivity index (χ3n) is 3.31. The zero-order valence-electron chi connectivity index (χ0n) is 11.1. The van der Waals surface area contributed by atoms with Gasteiger partial charge < -0.3 is 15.6 Å². The largest absolute Gasteiger partial charge is 0.493 e. The maximum absolute atomic E-state index is 10.2. The average molecular weight is 272 g/mol. The van der Waals surface area contributed by atoms with Gasteiger partial charge in [0.2, 0.25) is 0 Å². The Kier molecular flexibility index (Phi) is 4.65. The average Bonchev–Trinajstić information content (AvgIpc) is 2.39. The summed E-state index contributed by atoms with van der Waals surface area (Å²) in [5.41, 5.74) is 7.99. The predicted molar refractivity (Wildman–Crippen MR) is 75.4 cm³/mol. The van der Waals surface area contributed by atoms with E-state index in [1.165, 1.54) is 5.56 Å². The molecule has 0 aliphatic carbocycles. The molecule has 0 radical (unpaired) electrons. The number of halogens is 1. The fourth-order valence-electron chi connectivity index (χ4n) is 2.07. The van der Waals surface area contributed by atoms with E-state index in [0.717, 1.165) is 11.3 Å². The summed E-state index contributed by atoms with van der Waals surface area (Å²) < 4.78 is 5.62. The van der Waals surface area contributed by atoms with Gasteiger partial charge in [0.15, 0.2) is 0 Å². The van der Waals surface area contributed by atoms with Gasteiger partial charge >= 0.3 is 0 Å². The Morgan fingerprint density at radius 2 is 2.00 bits per heavy atom. The Morgan fingerprint density at radius 1 is 1.33 bits per heavy atom. The molecule has 4 heteroatoms. The fraction of sp³-hybridized carbons (Fsp3) is 0.571. The number of nitrogens with two attached hydrogens (primary N) is 1. The SMILES string of the molecule is CC(C)(C)c1ccc2c(c1)C(O)C(N)CCO2.Cl. The number of hydrogen-bond acceptors (Lipinski definition) is 3. The van der Waals surface area contributed by atoms with E-state index in [9.17, 15) is 5.11 Å². The van der Waals surface area contributed by atoms with Gasteiger partial charge in [-0.25, -0.2) is 0 Å². The minimum absolute atomic E-state index is 0. The molecule has 3 N–H and O–H groups in total. The second-order valence-corrected chi connectivity index (χ2v) is 5.75. The van der Waals surface area contributed by atoms with Gasteiger partial charge in [-0.3, -0.25) is 0 Å². The number of aliphatic hydroxyl groups excluding tert-OH is 1. The summed E-state index contributed by atoms with van der Waals surface area (Å²) >= 11 is 0. The number of ether oxygens (including phenoxy) is 1. The van der Waals surface area contributed by atoms with Crippen molar-refractivity contribution in [3.63, 3.8) is 0 Å². The number of fused-ring (bicyclic) bond motifs is 1. The molecule has 3 nitrogen and oxygen atoms in total. The zero-order chi connectivity index (χ0) is 12.6. The van der Waals surface area contributed by atoms with Gasteiger partial charge in [0, 0.05) is 11.6 Å². The molecule has 0 amide bonds. The predicted octanol–water partition coefficient (Wildman–Crippen LogP) is 2.55. The summed E-state index contributed by atoms with van der Waals surface area (Å²) in [4.78, 5) is 0. The molecule has 0 spiro atoms. The quantitative estimate of drug-likeness (QED) is 0.762. The first kappa shape index (κ1) is 15.3. The lowest BCUT2D eigenvalue weighted by Gasteiger charge is -2.22. The van der Waals surface area contributed by atoms with Crippen molar-refractivity contribution in [3.05, 3.63) is 29.3 Å². The molecule has 0 bridgehead atoms. The van der Waals surface area contributed by atoms with Crippen LogP contribution >= 0.6 is 12.4 Å². The molecular weight excluding hydrogens is 250 g/mol. The summed E-state index contributed by atoms with van der Waals surface area (Å²) in [6.45, 7) is 7.02. The Balaban J connectivity index is 0.00000162. The lowest BCUT2D eigenvalue weighted by Crippen LogP contribution is -2.28. The standard InChI is InChI=1S/C14H21NO2.ClH/c1-14(2,3)9-4-5-12-10(8-9)13(16)11(15)6-7-17-12;/h4-5,8,11,13,16H,6-7,15H2,1-3H3;1H. The van der Waals surface area contributed by atoms with E-state index < -0.39 is 6.10 Å². The number of aliphatic hydroxyl groups is 1. The molecule has 2 rings (SSSR count). The number of benzene rings is 1. The van der Waals surface area contributed by atoms with Crippen molar-refractivity contribution < 1.29 is 9.84 Å². The van der Waals surface area contributed by atoms with Crippen molar-refractivity contribution in [3.8, 4) is 5.75 Å². The first-order valence-corrected chi connectivity index (χ1v) is 6.10.